The Morgan fingerprint density at radius 2 is 1.58 bits per heavy atom. The quantitative estimate of drug-likeness (QED) is 0.593. The SMILES string of the molecule is Cc1ccccc1N1C(=O)C(c2cccs2)=C(N2CCN(c3ccccn3)CC2)C1=O. The third-order valence-electron chi connectivity index (χ3n) is 5.75. The van der Waals surface area contributed by atoms with Crippen molar-refractivity contribution >= 4 is 40.2 Å². The number of amides is 2. The van der Waals surface area contributed by atoms with Crippen molar-refractivity contribution in [3.05, 3.63) is 82.3 Å². The van der Waals surface area contributed by atoms with E-state index >= 15 is 0 Å². The topological polar surface area (TPSA) is 56.8 Å². The van der Waals surface area contributed by atoms with Crippen molar-refractivity contribution < 1.29 is 9.59 Å². The molecule has 1 aromatic carbocycles. The van der Waals surface area contributed by atoms with Crippen LogP contribution in [0.4, 0.5) is 11.5 Å². The lowest BCUT2D eigenvalue weighted by molar-refractivity contribution is -0.120. The van der Waals surface area contributed by atoms with E-state index < -0.39 is 0 Å². The van der Waals surface area contributed by atoms with Crippen LogP contribution in [0.5, 0.6) is 0 Å². The van der Waals surface area contributed by atoms with Gasteiger partial charge in [-0.2, -0.15) is 0 Å². The molecule has 0 bridgehead atoms. The first-order valence-corrected chi connectivity index (χ1v) is 11.2. The molecule has 1 saturated heterocycles. The Morgan fingerprint density at radius 1 is 0.839 bits per heavy atom. The highest BCUT2D eigenvalue weighted by molar-refractivity contribution is 7.11. The summed E-state index contributed by atoms with van der Waals surface area (Å²) in [6, 6.07) is 17.2. The van der Waals surface area contributed by atoms with E-state index in [4.69, 9.17) is 0 Å². The molecule has 156 valence electrons. The lowest BCUT2D eigenvalue weighted by Crippen LogP contribution is -2.48. The van der Waals surface area contributed by atoms with Gasteiger partial charge >= 0.3 is 0 Å². The van der Waals surface area contributed by atoms with Crippen LogP contribution in [-0.2, 0) is 9.59 Å². The van der Waals surface area contributed by atoms with Crippen LogP contribution in [0, 0.1) is 6.92 Å². The zero-order valence-electron chi connectivity index (χ0n) is 17.2. The van der Waals surface area contributed by atoms with Gasteiger partial charge in [0.05, 0.1) is 11.3 Å². The molecule has 2 amide bonds. The summed E-state index contributed by atoms with van der Waals surface area (Å²) in [5, 5.41) is 1.94. The highest BCUT2D eigenvalue weighted by Gasteiger charge is 2.43. The zero-order valence-corrected chi connectivity index (χ0v) is 18.0. The molecule has 2 aromatic heterocycles. The molecule has 2 aliphatic heterocycles. The van der Waals surface area contributed by atoms with Crippen molar-refractivity contribution in [2.75, 3.05) is 36.0 Å². The van der Waals surface area contributed by atoms with Gasteiger partial charge in [-0.25, -0.2) is 9.88 Å². The van der Waals surface area contributed by atoms with Crippen molar-refractivity contribution in [1.29, 1.82) is 0 Å². The number of rotatable bonds is 4. The Morgan fingerprint density at radius 3 is 2.26 bits per heavy atom. The molecule has 0 saturated carbocycles. The van der Waals surface area contributed by atoms with Gasteiger partial charge in [0, 0.05) is 37.3 Å². The molecule has 7 heteroatoms. The maximum atomic E-state index is 13.6. The number of thiophene rings is 1. The summed E-state index contributed by atoms with van der Waals surface area (Å²) in [7, 11) is 0. The lowest BCUT2D eigenvalue weighted by Gasteiger charge is -2.37. The van der Waals surface area contributed by atoms with Crippen LogP contribution in [0.1, 0.15) is 10.4 Å². The van der Waals surface area contributed by atoms with Crippen molar-refractivity contribution in [2.45, 2.75) is 6.92 Å². The zero-order chi connectivity index (χ0) is 21.4. The van der Waals surface area contributed by atoms with Crippen molar-refractivity contribution in [3.63, 3.8) is 0 Å². The molecule has 0 radical (unpaired) electrons. The molecule has 2 aliphatic rings. The maximum absolute atomic E-state index is 13.6. The number of carbonyl (C=O) groups is 2. The van der Waals surface area contributed by atoms with Crippen LogP contribution in [-0.4, -0.2) is 47.9 Å². The molecule has 3 aromatic rings. The summed E-state index contributed by atoms with van der Waals surface area (Å²) < 4.78 is 0. The van der Waals surface area contributed by atoms with Gasteiger partial charge in [0.2, 0.25) is 0 Å². The van der Waals surface area contributed by atoms with Crippen LogP contribution >= 0.6 is 11.3 Å². The fraction of sp³-hybridized carbons (Fsp3) is 0.208. The molecule has 6 nitrogen and oxygen atoms in total. The van der Waals surface area contributed by atoms with E-state index in [1.165, 1.54) is 16.2 Å². The highest BCUT2D eigenvalue weighted by atomic mass is 32.1. The predicted octanol–water partition coefficient (Wildman–Crippen LogP) is 3.56. The monoisotopic (exact) mass is 430 g/mol. The summed E-state index contributed by atoms with van der Waals surface area (Å²) in [5.41, 5.74) is 2.57. The second-order valence-electron chi connectivity index (χ2n) is 7.60. The molecular weight excluding hydrogens is 408 g/mol. The largest absolute Gasteiger partial charge is 0.363 e. The highest BCUT2D eigenvalue weighted by Crippen LogP contribution is 2.37. The number of nitrogens with zero attached hydrogens (tertiary/aromatic N) is 4. The minimum absolute atomic E-state index is 0.242. The number of imide groups is 1. The first-order chi connectivity index (χ1) is 15.1. The molecule has 5 rings (SSSR count). The molecule has 4 heterocycles. The molecule has 0 atom stereocenters. The summed E-state index contributed by atoms with van der Waals surface area (Å²) in [6.07, 6.45) is 1.79. The predicted molar refractivity (Wildman–Crippen MR) is 123 cm³/mol. The number of hydrogen-bond donors (Lipinski definition) is 0. The van der Waals surface area contributed by atoms with E-state index in [1.807, 2.05) is 66.9 Å². The van der Waals surface area contributed by atoms with Gasteiger partial charge in [0.25, 0.3) is 11.8 Å². The third-order valence-corrected chi connectivity index (χ3v) is 6.64. The first-order valence-electron chi connectivity index (χ1n) is 10.3. The number of anilines is 2. The van der Waals surface area contributed by atoms with E-state index in [0.29, 0.717) is 30.0 Å². The Labute approximate surface area is 185 Å². The molecule has 1 fully saturated rings. The van der Waals surface area contributed by atoms with Crippen LogP contribution in [0.3, 0.4) is 0 Å². The number of carbonyl (C=O) groups excluding carboxylic acids is 2. The van der Waals surface area contributed by atoms with Crippen LogP contribution in [0.15, 0.2) is 71.9 Å². The Balaban J connectivity index is 1.49. The average Bonchev–Trinajstić information content (AvgIpc) is 3.41. The van der Waals surface area contributed by atoms with E-state index in [9.17, 15) is 9.59 Å². The van der Waals surface area contributed by atoms with Gasteiger partial charge in [-0.3, -0.25) is 9.59 Å². The van der Waals surface area contributed by atoms with E-state index in [-0.39, 0.29) is 11.8 Å². The molecule has 0 spiro atoms. The number of hydrogen-bond acceptors (Lipinski definition) is 6. The van der Waals surface area contributed by atoms with Crippen molar-refractivity contribution in [2.24, 2.45) is 0 Å². The fourth-order valence-electron chi connectivity index (χ4n) is 4.19. The smallest absolute Gasteiger partial charge is 0.282 e. The molecule has 31 heavy (non-hydrogen) atoms. The van der Waals surface area contributed by atoms with E-state index in [2.05, 4.69) is 14.8 Å². The molecule has 0 aliphatic carbocycles. The normalized spacial score (nSPS) is 17.1. The summed E-state index contributed by atoms with van der Waals surface area (Å²) in [5.74, 6) is 0.447. The molecule has 0 unspecified atom stereocenters. The average molecular weight is 431 g/mol. The van der Waals surface area contributed by atoms with Crippen molar-refractivity contribution in [3.8, 4) is 0 Å². The van der Waals surface area contributed by atoms with Crippen LogP contribution < -0.4 is 9.80 Å². The third kappa shape index (κ3) is 3.41. The number of para-hydroxylation sites is 1. The number of benzene rings is 1. The Hall–Kier alpha value is -3.45. The first kappa shape index (κ1) is 19.5. The van der Waals surface area contributed by atoms with Crippen LogP contribution in [0.2, 0.25) is 0 Å². The second-order valence-corrected chi connectivity index (χ2v) is 8.54. The maximum Gasteiger partial charge on any atom is 0.282 e. The number of aryl methyl sites for hydroxylation is 1. The number of aromatic nitrogens is 1. The van der Waals surface area contributed by atoms with Gasteiger partial charge in [0.1, 0.15) is 11.5 Å². The van der Waals surface area contributed by atoms with Gasteiger partial charge in [-0.1, -0.05) is 30.3 Å². The fourth-order valence-corrected chi connectivity index (χ4v) is 4.95. The standard InChI is InChI=1S/C24H22N4O2S/c1-17-7-2-3-8-18(17)28-23(29)21(19-9-6-16-31-19)22(24(28)30)27-14-12-26(13-15-27)20-10-4-5-11-25-20/h2-11,16H,12-15H2,1H3. The molecule has 0 N–H and O–H groups in total. The van der Waals surface area contributed by atoms with Crippen molar-refractivity contribution in [1.82, 2.24) is 9.88 Å². The van der Waals surface area contributed by atoms with E-state index in [1.54, 1.807) is 6.20 Å². The van der Waals surface area contributed by atoms with Gasteiger partial charge in [0.15, 0.2) is 0 Å². The number of pyridine rings is 1. The minimum atomic E-state index is -0.246. The summed E-state index contributed by atoms with van der Waals surface area (Å²) in [6.45, 7) is 4.71. The Kier molecular flexibility index (Phi) is 5.03. The van der Waals surface area contributed by atoms with Gasteiger partial charge in [-0.15, -0.1) is 11.3 Å². The Bertz CT molecular complexity index is 1150. The summed E-state index contributed by atoms with van der Waals surface area (Å²) in [4.78, 5) is 38.0. The second kappa shape index (κ2) is 8.00. The van der Waals surface area contributed by atoms with E-state index in [0.717, 1.165) is 29.3 Å². The minimum Gasteiger partial charge on any atom is -0.363 e. The number of piperazine rings is 1. The lowest BCUT2D eigenvalue weighted by atomic mass is 10.1. The van der Waals surface area contributed by atoms with Gasteiger partial charge < -0.3 is 9.80 Å². The molecular formula is C24H22N4O2S. The summed E-state index contributed by atoms with van der Waals surface area (Å²) >= 11 is 1.49. The van der Waals surface area contributed by atoms with Crippen LogP contribution in [0.25, 0.3) is 5.57 Å². The van der Waals surface area contributed by atoms with Gasteiger partial charge in [-0.05, 0) is 42.1 Å².